The fraction of sp³-hybridized carbons (Fsp3) is 0.474. The zero-order valence-electron chi connectivity index (χ0n) is 17.0. The summed E-state index contributed by atoms with van der Waals surface area (Å²) >= 11 is 3.20. The van der Waals surface area contributed by atoms with Crippen molar-refractivity contribution in [1.29, 1.82) is 0 Å². The number of halogens is 1. The van der Waals surface area contributed by atoms with E-state index in [0.717, 1.165) is 20.6 Å². The molecule has 158 valence electrons. The lowest BCUT2D eigenvalue weighted by Gasteiger charge is -2.10. The minimum atomic E-state index is -0.586. The van der Waals surface area contributed by atoms with Crippen LogP contribution in [0.4, 0.5) is 5.00 Å². The van der Waals surface area contributed by atoms with Crippen molar-refractivity contribution in [3.63, 3.8) is 0 Å². The summed E-state index contributed by atoms with van der Waals surface area (Å²) in [7, 11) is 0. The summed E-state index contributed by atoms with van der Waals surface area (Å²) in [6.07, 6.45) is 1.70. The van der Waals surface area contributed by atoms with Crippen molar-refractivity contribution in [2.45, 2.75) is 53.7 Å². The van der Waals surface area contributed by atoms with Crippen molar-refractivity contribution in [2.24, 2.45) is 0 Å². The summed E-state index contributed by atoms with van der Waals surface area (Å²) in [6.45, 7) is 9.33. The van der Waals surface area contributed by atoms with Gasteiger partial charge in [-0.2, -0.15) is 5.10 Å². The summed E-state index contributed by atoms with van der Waals surface area (Å²) in [5.74, 6) is -1.41. The van der Waals surface area contributed by atoms with Crippen molar-refractivity contribution in [1.82, 2.24) is 9.78 Å². The van der Waals surface area contributed by atoms with Crippen LogP contribution < -0.4 is 5.32 Å². The van der Waals surface area contributed by atoms with Gasteiger partial charge in [0.2, 0.25) is 5.91 Å². The predicted molar refractivity (Wildman–Crippen MR) is 118 cm³/mol. The number of esters is 2. The van der Waals surface area contributed by atoms with Crippen LogP contribution in [0.1, 0.15) is 58.5 Å². The molecule has 0 fully saturated rings. The molecule has 0 aliphatic rings. The van der Waals surface area contributed by atoms with Gasteiger partial charge in [0, 0.05) is 19.2 Å². The highest BCUT2D eigenvalue weighted by Gasteiger charge is 2.27. The number of hydrogen-bond acceptors (Lipinski definition) is 7. The van der Waals surface area contributed by atoms with Crippen LogP contribution in [0, 0.1) is 17.4 Å². The number of carbonyl (C=O) groups excluding carboxylic acids is 3. The number of nitrogens with one attached hydrogen (secondary N) is 1. The zero-order chi connectivity index (χ0) is 21.7. The summed E-state index contributed by atoms with van der Waals surface area (Å²) in [4.78, 5) is 37.5. The molecule has 2 rings (SSSR count). The zero-order valence-corrected chi connectivity index (χ0v) is 20.0. The summed E-state index contributed by atoms with van der Waals surface area (Å²) in [5, 5.41) is 7.35. The van der Waals surface area contributed by atoms with Crippen LogP contribution in [0.15, 0.2) is 6.20 Å². The van der Waals surface area contributed by atoms with Crippen LogP contribution in [0.3, 0.4) is 0 Å². The molecule has 1 amide bonds. The van der Waals surface area contributed by atoms with E-state index in [1.165, 1.54) is 0 Å². The Morgan fingerprint density at radius 1 is 1.28 bits per heavy atom. The lowest BCUT2D eigenvalue weighted by molar-refractivity contribution is -0.116. The highest BCUT2D eigenvalue weighted by atomic mass is 127. The fourth-order valence-electron chi connectivity index (χ4n) is 2.53. The Labute approximate surface area is 187 Å². The number of rotatable bonds is 8. The normalized spacial score (nSPS) is 10.9. The minimum absolute atomic E-state index is 0.168. The van der Waals surface area contributed by atoms with E-state index in [1.807, 2.05) is 13.1 Å². The van der Waals surface area contributed by atoms with Gasteiger partial charge in [-0.3, -0.25) is 9.48 Å². The Hall–Kier alpha value is -1.95. The van der Waals surface area contributed by atoms with Crippen LogP contribution in [0.25, 0.3) is 0 Å². The molecule has 2 heterocycles. The fourth-order valence-corrected chi connectivity index (χ4v) is 4.06. The molecule has 0 atom stereocenters. The Balaban J connectivity index is 2.22. The van der Waals surface area contributed by atoms with Crippen molar-refractivity contribution >= 4 is 56.8 Å². The van der Waals surface area contributed by atoms with Crippen LogP contribution in [-0.4, -0.2) is 40.3 Å². The molecular formula is C19H24IN3O5S. The average Bonchev–Trinajstić information content (AvgIpc) is 3.12. The Morgan fingerprint density at radius 3 is 2.52 bits per heavy atom. The van der Waals surface area contributed by atoms with Gasteiger partial charge < -0.3 is 14.8 Å². The molecule has 0 unspecified atom stereocenters. The van der Waals surface area contributed by atoms with E-state index in [2.05, 4.69) is 33.0 Å². The maximum atomic E-state index is 12.6. The second kappa shape index (κ2) is 10.2. The monoisotopic (exact) mass is 533 g/mol. The highest BCUT2D eigenvalue weighted by molar-refractivity contribution is 14.1. The van der Waals surface area contributed by atoms with Crippen LogP contribution in [0.2, 0.25) is 0 Å². The van der Waals surface area contributed by atoms with Crippen LogP contribution in [0.5, 0.6) is 0 Å². The lowest BCUT2D eigenvalue weighted by atomic mass is 10.1. The SMILES string of the molecule is CCOC(=O)c1sc(NC(=O)CCn2cc(I)c(C)n2)c(C(=O)OC(C)C)c1C. The molecule has 0 bridgehead atoms. The molecule has 2 aromatic heterocycles. The number of ether oxygens (including phenoxy) is 2. The number of aromatic nitrogens is 2. The van der Waals surface area contributed by atoms with Gasteiger partial charge in [-0.15, -0.1) is 11.3 Å². The maximum absolute atomic E-state index is 12.6. The van der Waals surface area contributed by atoms with Crippen molar-refractivity contribution < 1.29 is 23.9 Å². The molecular weight excluding hydrogens is 509 g/mol. The number of carbonyl (C=O) groups is 3. The highest BCUT2D eigenvalue weighted by Crippen LogP contribution is 2.34. The van der Waals surface area contributed by atoms with E-state index >= 15 is 0 Å². The molecule has 0 radical (unpaired) electrons. The summed E-state index contributed by atoms with van der Waals surface area (Å²) < 4.78 is 13.1. The van der Waals surface area contributed by atoms with E-state index in [0.29, 0.717) is 12.1 Å². The smallest absolute Gasteiger partial charge is 0.348 e. The molecule has 0 spiro atoms. The molecule has 1 N–H and O–H groups in total. The number of aryl methyl sites for hydroxylation is 2. The third-order valence-electron chi connectivity index (χ3n) is 3.86. The largest absolute Gasteiger partial charge is 0.462 e. The number of thiophene rings is 1. The number of hydrogen-bond donors (Lipinski definition) is 1. The van der Waals surface area contributed by atoms with E-state index < -0.39 is 11.9 Å². The minimum Gasteiger partial charge on any atom is -0.462 e. The van der Waals surface area contributed by atoms with Gasteiger partial charge in [-0.25, -0.2) is 9.59 Å². The number of anilines is 1. The first kappa shape index (κ1) is 23.3. The summed E-state index contributed by atoms with van der Waals surface area (Å²) in [6, 6.07) is 0. The summed E-state index contributed by atoms with van der Waals surface area (Å²) in [5.41, 5.74) is 1.52. The van der Waals surface area contributed by atoms with Crippen molar-refractivity contribution in [3.05, 3.63) is 31.5 Å². The van der Waals surface area contributed by atoms with Crippen molar-refractivity contribution in [2.75, 3.05) is 11.9 Å². The molecule has 29 heavy (non-hydrogen) atoms. The first-order chi connectivity index (χ1) is 13.6. The quantitative estimate of drug-likeness (QED) is 0.408. The Morgan fingerprint density at radius 2 is 1.97 bits per heavy atom. The van der Waals surface area contributed by atoms with Crippen LogP contribution in [-0.2, 0) is 20.8 Å². The number of nitrogens with zero attached hydrogens (tertiary/aromatic N) is 2. The number of amides is 1. The van der Waals surface area contributed by atoms with Crippen LogP contribution >= 0.6 is 33.9 Å². The Kier molecular flexibility index (Phi) is 8.20. The third-order valence-corrected chi connectivity index (χ3v) is 6.11. The van der Waals surface area contributed by atoms with E-state index in [1.54, 1.807) is 32.4 Å². The van der Waals surface area contributed by atoms with Gasteiger partial charge >= 0.3 is 11.9 Å². The molecule has 0 aromatic carbocycles. The molecule has 0 saturated carbocycles. The molecule has 0 aliphatic carbocycles. The van der Waals surface area contributed by atoms with Gasteiger partial charge in [0.1, 0.15) is 9.88 Å². The molecule has 8 nitrogen and oxygen atoms in total. The van der Waals surface area contributed by atoms with Gasteiger partial charge in [0.25, 0.3) is 0 Å². The van der Waals surface area contributed by atoms with Gasteiger partial charge in [0.15, 0.2) is 0 Å². The maximum Gasteiger partial charge on any atom is 0.348 e. The molecule has 10 heteroatoms. The first-order valence-corrected chi connectivity index (χ1v) is 11.0. The second-order valence-electron chi connectivity index (χ2n) is 6.56. The average molecular weight is 533 g/mol. The molecule has 0 aliphatic heterocycles. The van der Waals surface area contributed by atoms with E-state index in [-0.39, 0.29) is 40.5 Å². The lowest BCUT2D eigenvalue weighted by Crippen LogP contribution is -2.18. The Bertz CT molecular complexity index is 900. The second-order valence-corrected chi connectivity index (χ2v) is 8.74. The van der Waals surface area contributed by atoms with E-state index in [9.17, 15) is 14.4 Å². The topological polar surface area (TPSA) is 99.5 Å². The van der Waals surface area contributed by atoms with Crippen molar-refractivity contribution in [3.8, 4) is 0 Å². The standard InChI is InChI=1S/C19H24IN3O5S/c1-6-27-19(26)16-11(4)15(18(25)28-10(2)3)17(29-16)21-14(24)7-8-23-9-13(20)12(5)22-23/h9-10H,6-8H2,1-5H3,(H,21,24). The van der Waals surface area contributed by atoms with Gasteiger partial charge in [-0.05, 0) is 62.8 Å². The van der Waals surface area contributed by atoms with E-state index in [4.69, 9.17) is 9.47 Å². The predicted octanol–water partition coefficient (Wildman–Crippen LogP) is 3.94. The third kappa shape index (κ3) is 6.01. The first-order valence-electron chi connectivity index (χ1n) is 9.14. The molecule has 2 aromatic rings. The molecule has 0 saturated heterocycles. The van der Waals surface area contributed by atoms with Gasteiger partial charge in [-0.1, -0.05) is 0 Å². The van der Waals surface area contributed by atoms with Gasteiger partial charge in [0.05, 0.1) is 27.5 Å².